The molecule has 0 saturated carbocycles. The molecule has 0 spiro atoms. The van der Waals surface area contributed by atoms with Gasteiger partial charge >= 0.3 is 5.97 Å². The summed E-state index contributed by atoms with van der Waals surface area (Å²) in [5, 5.41) is 9.34. The van der Waals surface area contributed by atoms with E-state index in [0.29, 0.717) is 6.42 Å². The molecular formula is C10H14N2O2S. The van der Waals surface area contributed by atoms with E-state index in [-0.39, 0.29) is 6.42 Å². The van der Waals surface area contributed by atoms with Gasteiger partial charge in [-0.15, -0.1) is 0 Å². The molecule has 5 heteroatoms. The van der Waals surface area contributed by atoms with Gasteiger partial charge in [0.25, 0.3) is 0 Å². The largest absolute Gasteiger partial charge is 0.481 e. The number of rotatable bonds is 5. The van der Waals surface area contributed by atoms with Crippen LogP contribution in [-0.4, -0.2) is 27.3 Å². The second-order valence-electron chi connectivity index (χ2n) is 3.08. The van der Waals surface area contributed by atoms with E-state index in [1.165, 1.54) is 11.8 Å². The summed E-state index contributed by atoms with van der Waals surface area (Å²) in [4.78, 5) is 18.9. The molecular weight excluding hydrogens is 212 g/mol. The van der Waals surface area contributed by atoms with Gasteiger partial charge in [-0.3, -0.25) is 4.79 Å². The van der Waals surface area contributed by atoms with E-state index >= 15 is 0 Å². The van der Waals surface area contributed by atoms with Gasteiger partial charge in [-0.25, -0.2) is 9.97 Å². The Bertz CT molecular complexity index is 355. The highest BCUT2D eigenvalue weighted by Crippen LogP contribution is 2.14. The molecule has 1 rings (SSSR count). The molecule has 0 aliphatic carbocycles. The van der Waals surface area contributed by atoms with Gasteiger partial charge in [-0.2, -0.15) is 0 Å². The Morgan fingerprint density at radius 3 is 2.87 bits per heavy atom. The van der Waals surface area contributed by atoms with Crippen molar-refractivity contribution < 1.29 is 9.90 Å². The van der Waals surface area contributed by atoms with Gasteiger partial charge in [-0.05, 0) is 24.7 Å². The predicted molar refractivity (Wildman–Crippen MR) is 59.1 cm³/mol. The number of aromatic nitrogens is 2. The molecule has 1 aromatic rings. The Labute approximate surface area is 93.1 Å². The van der Waals surface area contributed by atoms with Crippen LogP contribution in [-0.2, 0) is 17.6 Å². The molecule has 0 saturated heterocycles. The summed E-state index contributed by atoms with van der Waals surface area (Å²) in [5.74, 6) is -0.786. The lowest BCUT2D eigenvalue weighted by Crippen LogP contribution is -2.03. The van der Waals surface area contributed by atoms with Gasteiger partial charge < -0.3 is 5.11 Å². The minimum absolute atomic E-state index is 0.134. The van der Waals surface area contributed by atoms with Crippen LogP contribution in [0.15, 0.2) is 11.4 Å². The first-order chi connectivity index (χ1) is 7.17. The molecule has 0 radical (unpaired) electrons. The maximum Gasteiger partial charge on any atom is 0.303 e. The van der Waals surface area contributed by atoms with E-state index in [1.54, 1.807) is 6.20 Å². The number of nitrogens with zero attached hydrogens (tertiary/aromatic N) is 2. The summed E-state index contributed by atoms with van der Waals surface area (Å²) in [6, 6.07) is 0. The molecule has 0 fully saturated rings. The Balaban J connectivity index is 2.82. The summed E-state index contributed by atoms with van der Waals surface area (Å²) in [6.45, 7) is 2.01. The summed E-state index contributed by atoms with van der Waals surface area (Å²) >= 11 is 1.49. The number of hydrogen-bond acceptors (Lipinski definition) is 4. The third kappa shape index (κ3) is 3.51. The molecule has 0 amide bonds. The standard InChI is InChI=1S/C10H14N2O2S/c1-3-8-7(4-5-9(13)14)6-11-10(12-8)15-2/h6H,3-5H2,1-2H3,(H,13,14). The van der Waals surface area contributed by atoms with Gasteiger partial charge in [0.2, 0.25) is 0 Å². The smallest absolute Gasteiger partial charge is 0.303 e. The summed E-state index contributed by atoms with van der Waals surface area (Å²) < 4.78 is 0. The fourth-order valence-corrected chi connectivity index (χ4v) is 1.64. The Morgan fingerprint density at radius 2 is 2.33 bits per heavy atom. The average molecular weight is 226 g/mol. The first kappa shape index (κ1) is 12.0. The Morgan fingerprint density at radius 1 is 1.60 bits per heavy atom. The van der Waals surface area contributed by atoms with Crippen molar-refractivity contribution in [3.63, 3.8) is 0 Å². The third-order valence-corrected chi connectivity index (χ3v) is 2.62. The highest BCUT2D eigenvalue weighted by molar-refractivity contribution is 7.98. The van der Waals surface area contributed by atoms with Crippen LogP contribution in [0.1, 0.15) is 24.6 Å². The van der Waals surface area contributed by atoms with Gasteiger partial charge in [-0.1, -0.05) is 18.7 Å². The topological polar surface area (TPSA) is 63.1 Å². The van der Waals surface area contributed by atoms with Crippen LogP contribution in [0.5, 0.6) is 0 Å². The molecule has 1 aromatic heterocycles. The monoisotopic (exact) mass is 226 g/mol. The van der Waals surface area contributed by atoms with Crippen LogP contribution in [0.4, 0.5) is 0 Å². The Kier molecular flexibility index (Phi) is 4.55. The number of hydrogen-bond donors (Lipinski definition) is 1. The van der Waals surface area contributed by atoms with E-state index in [2.05, 4.69) is 9.97 Å². The normalized spacial score (nSPS) is 10.3. The van der Waals surface area contributed by atoms with Crippen molar-refractivity contribution in [1.82, 2.24) is 9.97 Å². The third-order valence-electron chi connectivity index (χ3n) is 2.06. The van der Waals surface area contributed by atoms with Gasteiger partial charge in [0, 0.05) is 18.3 Å². The Hall–Kier alpha value is -1.10. The van der Waals surface area contributed by atoms with Crippen LogP contribution in [0.25, 0.3) is 0 Å². The molecule has 0 aliphatic rings. The number of carboxylic acid groups (broad SMARTS) is 1. The lowest BCUT2D eigenvalue weighted by Gasteiger charge is -2.06. The van der Waals surface area contributed by atoms with E-state index in [0.717, 1.165) is 22.8 Å². The fraction of sp³-hybridized carbons (Fsp3) is 0.500. The molecule has 1 N–H and O–H groups in total. The predicted octanol–water partition coefficient (Wildman–Crippen LogP) is 1.78. The molecule has 4 nitrogen and oxygen atoms in total. The highest BCUT2D eigenvalue weighted by Gasteiger charge is 2.07. The van der Waals surface area contributed by atoms with Gasteiger partial charge in [0.05, 0.1) is 0 Å². The lowest BCUT2D eigenvalue weighted by atomic mass is 10.1. The second kappa shape index (κ2) is 5.70. The van der Waals surface area contributed by atoms with Crippen molar-refractivity contribution in [2.75, 3.05) is 6.26 Å². The van der Waals surface area contributed by atoms with Crippen molar-refractivity contribution >= 4 is 17.7 Å². The van der Waals surface area contributed by atoms with E-state index in [9.17, 15) is 4.79 Å². The number of carboxylic acids is 1. The zero-order valence-electron chi connectivity index (χ0n) is 8.86. The maximum atomic E-state index is 10.5. The van der Waals surface area contributed by atoms with E-state index in [4.69, 9.17) is 5.11 Å². The molecule has 0 aliphatic heterocycles. The highest BCUT2D eigenvalue weighted by atomic mass is 32.2. The minimum Gasteiger partial charge on any atom is -0.481 e. The van der Waals surface area contributed by atoms with Gasteiger partial charge in [0.15, 0.2) is 5.16 Å². The van der Waals surface area contributed by atoms with Crippen molar-refractivity contribution in [3.05, 3.63) is 17.5 Å². The van der Waals surface area contributed by atoms with Crippen molar-refractivity contribution in [2.24, 2.45) is 0 Å². The molecule has 0 unspecified atom stereocenters. The molecule has 1 heterocycles. The summed E-state index contributed by atoms with van der Waals surface area (Å²) in [5.41, 5.74) is 1.90. The van der Waals surface area contributed by atoms with Crippen molar-refractivity contribution in [3.8, 4) is 0 Å². The maximum absolute atomic E-state index is 10.5. The van der Waals surface area contributed by atoms with Crippen LogP contribution >= 0.6 is 11.8 Å². The quantitative estimate of drug-likeness (QED) is 0.612. The van der Waals surface area contributed by atoms with Crippen LogP contribution in [0, 0.1) is 0 Å². The minimum atomic E-state index is -0.786. The zero-order valence-corrected chi connectivity index (χ0v) is 9.67. The van der Waals surface area contributed by atoms with Crippen molar-refractivity contribution in [1.29, 1.82) is 0 Å². The van der Waals surface area contributed by atoms with Crippen LogP contribution in [0.3, 0.4) is 0 Å². The number of aryl methyl sites for hydroxylation is 2. The van der Waals surface area contributed by atoms with Crippen LogP contribution in [0.2, 0.25) is 0 Å². The first-order valence-electron chi connectivity index (χ1n) is 4.78. The molecule has 0 bridgehead atoms. The summed E-state index contributed by atoms with van der Waals surface area (Å²) in [6.07, 6.45) is 5.11. The number of thioether (sulfide) groups is 1. The van der Waals surface area contributed by atoms with E-state index < -0.39 is 5.97 Å². The molecule has 15 heavy (non-hydrogen) atoms. The SMILES string of the molecule is CCc1nc(SC)ncc1CCC(=O)O. The van der Waals surface area contributed by atoms with E-state index in [1.807, 2.05) is 13.2 Å². The molecule has 0 atom stereocenters. The summed E-state index contributed by atoms with van der Waals surface area (Å²) in [7, 11) is 0. The number of aliphatic carboxylic acids is 1. The molecule has 82 valence electrons. The second-order valence-corrected chi connectivity index (χ2v) is 3.85. The molecule has 0 aromatic carbocycles. The average Bonchev–Trinajstić information content (AvgIpc) is 2.25. The fourth-order valence-electron chi connectivity index (χ4n) is 1.28. The number of carbonyl (C=O) groups is 1. The van der Waals surface area contributed by atoms with Crippen molar-refractivity contribution in [2.45, 2.75) is 31.3 Å². The zero-order chi connectivity index (χ0) is 11.3. The first-order valence-corrected chi connectivity index (χ1v) is 6.00. The van der Waals surface area contributed by atoms with Gasteiger partial charge in [0.1, 0.15) is 0 Å². The lowest BCUT2D eigenvalue weighted by molar-refractivity contribution is -0.136. The van der Waals surface area contributed by atoms with Crippen LogP contribution < -0.4 is 0 Å².